The molecule has 3 N–H and O–H groups in total. The molecule has 1 fully saturated rings. The van der Waals surface area contributed by atoms with Crippen molar-refractivity contribution in [1.82, 2.24) is 10.5 Å². The number of fused-ring (bicyclic) bond motifs is 1. The van der Waals surface area contributed by atoms with E-state index in [2.05, 4.69) is 15.3 Å². The van der Waals surface area contributed by atoms with Crippen LogP contribution in [0, 0.1) is 18.3 Å². The second-order valence-corrected chi connectivity index (χ2v) is 8.00. The fourth-order valence-electron chi connectivity index (χ4n) is 4.12. The number of primary amides is 1. The van der Waals surface area contributed by atoms with Gasteiger partial charge in [0.05, 0.1) is 24.0 Å². The Labute approximate surface area is 180 Å². The molecule has 0 spiro atoms. The Morgan fingerprint density at radius 3 is 2.65 bits per heavy atom. The number of benzene rings is 2. The van der Waals surface area contributed by atoms with Crippen molar-refractivity contribution in [2.24, 2.45) is 17.1 Å². The number of para-hydroxylation sites is 1. The van der Waals surface area contributed by atoms with Gasteiger partial charge in [-0.2, -0.15) is 0 Å². The standard InChI is InChI=1S/C24H25N3O4/c1-15-11-17(19-5-3-4-6-21(19)26-15)14-31-18-9-7-16(8-10-18)12-24(23(25)29)13-20(24)22(28)27-30-2/h3-11,20H,12-14H2,1-2H3,(H2,25,29)(H,27,28)/t20?,24-/m0/s1. The van der Waals surface area contributed by atoms with Crippen molar-refractivity contribution in [2.45, 2.75) is 26.4 Å². The van der Waals surface area contributed by atoms with Gasteiger partial charge in [0.25, 0.3) is 0 Å². The normalized spacial score (nSPS) is 19.7. The zero-order chi connectivity index (χ0) is 22.0. The zero-order valence-corrected chi connectivity index (χ0v) is 17.6. The van der Waals surface area contributed by atoms with Gasteiger partial charge in [-0.1, -0.05) is 30.3 Å². The summed E-state index contributed by atoms with van der Waals surface area (Å²) < 4.78 is 5.99. The lowest BCUT2D eigenvalue weighted by Crippen LogP contribution is -2.34. The lowest BCUT2D eigenvalue weighted by Gasteiger charge is -2.14. The molecule has 2 aromatic carbocycles. The minimum Gasteiger partial charge on any atom is -0.489 e. The van der Waals surface area contributed by atoms with Crippen LogP contribution < -0.4 is 16.0 Å². The second kappa shape index (κ2) is 8.35. The molecule has 0 radical (unpaired) electrons. The summed E-state index contributed by atoms with van der Waals surface area (Å²) >= 11 is 0. The van der Waals surface area contributed by atoms with Crippen LogP contribution in [0.4, 0.5) is 0 Å². The molecule has 1 aromatic heterocycles. The number of pyridine rings is 1. The predicted octanol–water partition coefficient (Wildman–Crippen LogP) is 2.83. The summed E-state index contributed by atoms with van der Waals surface area (Å²) in [4.78, 5) is 33.3. The van der Waals surface area contributed by atoms with Crippen LogP contribution in [0.1, 0.15) is 23.2 Å². The molecule has 1 aliphatic rings. The van der Waals surface area contributed by atoms with E-state index in [0.717, 1.165) is 33.5 Å². The summed E-state index contributed by atoms with van der Waals surface area (Å²) in [6, 6.07) is 17.6. The quantitative estimate of drug-likeness (QED) is 0.547. The molecular weight excluding hydrogens is 394 g/mol. The van der Waals surface area contributed by atoms with Crippen molar-refractivity contribution in [3.8, 4) is 5.75 Å². The molecule has 2 amide bonds. The van der Waals surface area contributed by atoms with Gasteiger partial charge >= 0.3 is 0 Å². The predicted molar refractivity (Wildman–Crippen MR) is 116 cm³/mol. The summed E-state index contributed by atoms with van der Waals surface area (Å²) in [7, 11) is 1.36. The Bertz CT molecular complexity index is 1130. The first-order chi connectivity index (χ1) is 14.9. The van der Waals surface area contributed by atoms with Crippen LogP contribution in [0.25, 0.3) is 10.9 Å². The lowest BCUT2D eigenvalue weighted by molar-refractivity contribution is -0.136. The third kappa shape index (κ3) is 4.22. The van der Waals surface area contributed by atoms with Crippen LogP contribution >= 0.6 is 0 Å². The minimum atomic E-state index is -0.863. The number of amides is 2. The van der Waals surface area contributed by atoms with Gasteiger partial charge in [0, 0.05) is 16.6 Å². The van der Waals surface area contributed by atoms with Crippen LogP contribution in [0.5, 0.6) is 5.75 Å². The van der Waals surface area contributed by atoms with E-state index in [0.29, 0.717) is 19.4 Å². The van der Waals surface area contributed by atoms with Crippen molar-refractivity contribution in [3.05, 3.63) is 71.4 Å². The van der Waals surface area contributed by atoms with Crippen molar-refractivity contribution >= 4 is 22.7 Å². The molecule has 1 aliphatic carbocycles. The zero-order valence-electron chi connectivity index (χ0n) is 17.6. The van der Waals surface area contributed by atoms with E-state index in [1.165, 1.54) is 7.11 Å². The largest absolute Gasteiger partial charge is 0.489 e. The highest BCUT2D eigenvalue weighted by Gasteiger charge is 2.62. The summed E-state index contributed by atoms with van der Waals surface area (Å²) in [5, 5.41) is 1.07. The van der Waals surface area contributed by atoms with E-state index in [9.17, 15) is 9.59 Å². The number of rotatable bonds is 8. The molecule has 160 valence electrons. The van der Waals surface area contributed by atoms with Crippen LogP contribution in [-0.2, 0) is 27.5 Å². The van der Waals surface area contributed by atoms with Crippen molar-refractivity contribution < 1.29 is 19.2 Å². The molecule has 0 saturated heterocycles. The SMILES string of the molecule is CONC(=O)C1C[C@]1(Cc1ccc(OCc2cc(C)nc3ccccc23)cc1)C(N)=O. The molecule has 0 aliphatic heterocycles. The Morgan fingerprint density at radius 2 is 1.94 bits per heavy atom. The van der Waals surface area contributed by atoms with Gasteiger partial charge in [-0.25, -0.2) is 5.48 Å². The Kier molecular flexibility index (Phi) is 5.61. The van der Waals surface area contributed by atoms with Gasteiger partial charge in [-0.05, 0) is 49.6 Å². The smallest absolute Gasteiger partial charge is 0.247 e. The number of hydroxylamine groups is 1. The maximum atomic E-state index is 12.0. The molecule has 7 heteroatoms. The third-order valence-electron chi connectivity index (χ3n) is 5.85. The van der Waals surface area contributed by atoms with E-state index < -0.39 is 17.2 Å². The van der Waals surface area contributed by atoms with Crippen LogP contribution in [0.2, 0.25) is 0 Å². The van der Waals surface area contributed by atoms with E-state index >= 15 is 0 Å². The minimum absolute atomic E-state index is 0.318. The topological polar surface area (TPSA) is 104 Å². The maximum Gasteiger partial charge on any atom is 0.247 e. The molecule has 3 aromatic rings. The van der Waals surface area contributed by atoms with Gasteiger partial charge in [0.2, 0.25) is 11.8 Å². The highest BCUT2D eigenvalue weighted by atomic mass is 16.6. The third-order valence-corrected chi connectivity index (χ3v) is 5.85. The Hall–Kier alpha value is -3.45. The molecular formula is C24H25N3O4. The van der Waals surface area contributed by atoms with Crippen molar-refractivity contribution in [3.63, 3.8) is 0 Å². The molecule has 0 bridgehead atoms. The van der Waals surface area contributed by atoms with Crippen LogP contribution in [0.3, 0.4) is 0 Å². The molecule has 1 unspecified atom stereocenters. The summed E-state index contributed by atoms with van der Waals surface area (Å²) in [5.41, 5.74) is 10.9. The first kappa shape index (κ1) is 20.8. The molecule has 1 saturated carbocycles. The van der Waals surface area contributed by atoms with E-state index in [1.54, 1.807) is 0 Å². The number of aromatic nitrogens is 1. The molecule has 2 atom stereocenters. The fraction of sp³-hybridized carbons (Fsp3) is 0.292. The number of carbonyl (C=O) groups is 2. The van der Waals surface area contributed by atoms with E-state index in [-0.39, 0.29) is 5.91 Å². The lowest BCUT2D eigenvalue weighted by atomic mass is 9.93. The van der Waals surface area contributed by atoms with Gasteiger partial charge in [0.15, 0.2) is 0 Å². The highest BCUT2D eigenvalue weighted by Crippen LogP contribution is 2.54. The van der Waals surface area contributed by atoms with Crippen molar-refractivity contribution in [2.75, 3.05) is 7.11 Å². The molecule has 7 nitrogen and oxygen atoms in total. The highest BCUT2D eigenvalue weighted by molar-refractivity contribution is 5.95. The number of aryl methyl sites for hydroxylation is 1. The average Bonchev–Trinajstić information content (AvgIpc) is 3.49. The van der Waals surface area contributed by atoms with Crippen LogP contribution in [-0.4, -0.2) is 23.9 Å². The fourth-order valence-corrected chi connectivity index (χ4v) is 4.12. The Morgan fingerprint density at radius 1 is 1.19 bits per heavy atom. The summed E-state index contributed by atoms with van der Waals surface area (Å²) in [6.07, 6.45) is 0.822. The first-order valence-corrected chi connectivity index (χ1v) is 10.1. The summed E-state index contributed by atoms with van der Waals surface area (Å²) in [5.74, 6) is -0.533. The number of nitrogens with zero attached hydrogens (tertiary/aromatic N) is 1. The van der Waals surface area contributed by atoms with E-state index in [1.807, 2.05) is 61.5 Å². The van der Waals surface area contributed by atoms with Crippen LogP contribution in [0.15, 0.2) is 54.6 Å². The first-order valence-electron chi connectivity index (χ1n) is 10.1. The second-order valence-electron chi connectivity index (χ2n) is 8.00. The number of hydrogen-bond acceptors (Lipinski definition) is 5. The summed E-state index contributed by atoms with van der Waals surface area (Å²) in [6.45, 7) is 2.39. The van der Waals surface area contributed by atoms with Gasteiger partial charge < -0.3 is 10.5 Å². The number of hydrogen-bond donors (Lipinski definition) is 2. The Balaban J connectivity index is 1.44. The molecule has 31 heavy (non-hydrogen) atoms. The monoisotopic (exact) mass is 419 g/mol. The molecule has 4 rings (SSSR count). The average molecular weight is 419 g/mol. The van der Waals surface area contributed by atoms with Gasteiger partial charge in [-0.3, -0.25) is 19.4 Å². The number of nitrogens with one attached hydrogen (secondary N) is 1. The number of ether oxygens (including phenoxy) is 1. The number of carbonyl (C=O) groups excluding carboxylic acids is 2. The van der Waals surface area contributed by atoms with Gasteiger partial charge in [-0.15, -0.1) is 0 Å². The maximum absolute atomic E-state index is 12.0. The van der Waals surface area contributed by atoms with Gasteiger partial charge in [0.1, 0.15) is 12.4 Å². The van der Waals surface area contributed by atoms with Crippen molar-refractivity contribution in [1.29, 1.82) is 0 Å². The van der Waals surface area contributed by atoms with E-state index in [4.69, 9.17) is 10.5 Å². The number of nitrogens with two attached hydrogens (primary N) is 1. The molecule has 1 heterocycles.